The topological polar surface area (TPSA) is 38.1 Å². The normalized spacial score (nSPS) is 10.8. The van der Waals surface area contributed by atoms with E-state index in [0.29, 0.717) is 12.4 Å². The molecule has 2 aromatic rings. The number of rotatable bonds is 3. The molecule has 3 nitrogen and oxygen atoms in total. The lowest BCUT2D eigenvalue weighted by Crippen LogP contribution is -2.04. The van der Waals surface area contributed by atoms with Gasteiger partial charge in [0.05, 0.1) is 23.3 Å². The van der Waals surface area contributed by atoms with Gasteiger partial charge >= 0.3 is 0 Å². The maximum absolute atomic E-state index is 13.6. The largest absolute Gasteiger partial charge is 0.439 e. The highest BCUT2D eigenvalue weighted by atomic mass is 35.5. The minimum Gasteiger partial charge on any atom is -0.439 e. The van der Waals surface area contributed by atoms with Crippen molar-refractivity contribution >= 4 is 11.6 Å². The highest BCUT2D eigenvalue weighted by Crippen LogP contribution is 2.28. The van der Waals surface area contributed by atoms with Gasteiger partial charge in [-0.05, 0) is 19.2 Å². The first kappa shape index (κ1) is 12.0. The van der Waals surface area contributed by atoms with E-state index in [0.717, 1.165) is 12.1 Å². The van der Waals surface area contributed by atoms with Crippen molar-refractivity contribution in [2.75, 3.05) is 7.05 Å². The lowest BCUT2D eigenvalue weighted by atomic mass is 10.1. The summed E-state index contributed by atoms with van der Waals surface area (Å²) >= 11 is 5.46. The van der Waals surface area contributed by atoms with Crippen LogP contribution in [0.4, 0.5) is 8.78 Å². The Morgan fingerprint density at radius 2 is 2.12 bits per heavy atom. The van der Waals surface area contributed by atoms with Gasteiger partial charge in [-0.2, -0.15) is 0 Å². The number of hydrogen-bond donors (Lipinski definition) is 1. The van der Waals surface area contributed by atoms with E-state index in [1.54, 1.807) is 7.05 Å². The van der Waals surface area contributed by atoms with Crippen LogP contribution in [-0.2, 0) is 6.54 Å². The first-order valence-electron chi connectivity index (χ1n) is 4.86. The van der Waals surface area contributed by atoms with E-state index < -0.39 is 11.6 Å². The summed E-state index contributed by atoms with van der Waals surface area (Å²) in [6.07, 6.45) is 1.35. The van der Waals surface area contributed by atoms with Crippen molar-refractivity contribution in [3.63, 3.8) is 0 Å². The Morgan fingerprint density at radius 3 is 2.82 bits per heavy atom. The fourth-order valence-corrected chi connectivity index (χ4v) is 1.53. The zero-order chi connectivity index (χ0) is 12.4. The van der Waals surface area contributed by atoms with E-state index in [-0.39, 0.29) is 16.3 Å². The standard InChI is InChI=1S/C11H9ClF2N2O/c1-15-5-11-16-4-10(17-11)6-2-9(14)7(12)3-8(6)13/h2-4,15H,5H2,1H3. The number of aromatic nitrogens is 1. The van der Waals surface area contributed by atoms with Gasteiger partial charge in [0.1, 0.15) is 11.6 Å². The number of nitrogens with zero attached hydrogens (tertiary/aromatic N) is 1. The Labute approximate surface area is 101 Å². The molecule has 2 rings (SSSR count). The monoisotopic (exact) mass is 258 g/mol. The second-order valence-electron chi connectivity index (χ2n) is 3.39. The Bertz CT molecular complexity index is 542. The van der Waals surface area contributed by atoms with Crippen molar-refractivity contribution in [1.29, 1.82) is 0 Å². The van der Waals surface area contributed by atoms with Crippen LogP contribution in [0, 0.1) is 11.6 Å². The third-order valence-corrected chi connectivity index (χ3v) is 2.45. The van der Waals surface area contributed by atoms with Gasteiger partial charge < -0.3 is 9.73 Å². The fraction of sp³-hybridized carbons (Fsp3) is 0.182. The zero-order valence-corrected chi connectivity index (χ0v) is 9.68. The Hall–Kier alpha value is -1.46. The molecule has 0 saturated heterocycles. The third-order valence-electron chi connectivity index (χ3n) is 2.16. The number of halogens is 3. The predicted molar refractivity (Wildman–Crippen MR) is 59.6 cm³/mol. The van der Waals surface area contributed by atoms with Crippen molar-refractivity contribution < 1.29 is 13.2 Å². The molecule has 0 bridgehead atoms. The molecule has 0 radical (unpaired) electrons. The van der Waals surface area contributed by atoms with Crippen LogP contribution in [0.3, 0.4) is 0 Å². The SMILES string of the molecule is CNCc1ncc(-c2cc(F)c(Cl)cc2F)o1. The van der Waals surface area contributed by atoms with Gasteiger partial charge in [0.15, 0.2) is 5.76 Å². The van der Waals surface area contributed by atoms with Crippen LogP contribution in [0.15, 0.2) is 22.7 Å². The lowest BCUT2D eigenvalue weighted by Gasteiger charge is -2.01. The van der Waals surface area contributed by atoms with Crippen molar-refractivity contribution in [3.05, 3.63) is 40.9 Å². The Balaban J connectivity index is 2.41. The van der Waals surface area contributed by atoms with Crippen LogP contribution < -0.4 is 5.32 Å². The van der Waals surface area contributed by atoms with Crippen LogP contribution in [-0.4, -0.2) is 12.0 Å². The molecule has 0 fully saturated rings. The van der Waals surface area contributed by atoms with Crippen molar-refractivity contribution in [3.8, 4) is 11.3 Å². The molecule has 6 heteroatoms. The average Bonchev–Trinajstić information content (AvgIpc) is 2.72. The summed E-state index contributed by atoms with van der Waals surface area (Å²) in [6.45, 7) is 0.414. The Kier molecular flexibility index (Phi) is 3.40. The smallest absolute Gasteiger partial charge is 0.208 e. The minimum absolute atomic E-state index is 0.00162. The molecule has 17 heavy (non-hydrogen) atoms. The molecule has 0 aliphatic rings. The summed E-state index contributed by atoms with van der Waals surface area (Å²) < 4.78 is 32.0. The average molecular weight is 259 g/mol. The summed E-state index contributed by atoms with van der Waals surface area (Å²) in [5.41, 5.74) is 0.00162. The molecule has 1 aromatic heterocycles. The summed E-state index contributed by atoms with van der Waals surface area (Å²) in [4.78, 5) is 3.92. The molecule has 1 N–H and O–H groups in total. The quantitative estimate of drug-likeness (QED) is 0.860. The van der Waals surface area contributed by atoms with Crippen molar-refractivity contribution in [2.24, 2.45) is 0 Å². The maximum atomic E-state index is 13.6. The van der Waals surface area contributed by atoms with Crippen LogP contribution in [0.25, 0.3) is 11.3 Å². The van der Waals surface area contributed by atoms with Gasteiger partial charge in [0.2, 0.25) is 5.89 Å². The molecular weight excluding hydrogens is 250 g/mol. The van der Waals surface area contributed by atoms with E-state index in [2.05, 4.69) is 10.3 Å². The Morgan fingerprint density at radius 1 is 1.35 bits per heavy atom. The van der Waals surface area contributed by atoms with E-state index >= 15 is 0 Å². The lowest BCUT2D eigenvalue weighted by molar-refractivity contribution is 0.487. The number of hydrogen-bond acceptors (Lipinski definition) is 3. The summed E-state index contributed by atoms with van der Waals surface area (Å²) in [7, 11) is 1.73. The highest BCUT2D eigenvalue weighted by molar-refractivity contribution is 6.30. The highest BCUT2D eigenvalue weighted by Gasteiger charge is 2.14. The van der Waals surface area contributed by atoms with E-state index in [1.165, 1.54) is 6.20 Å². The van der Waals surface area contributed by atoms with Gasteiger partial charge in [0, 0.05) is 0 Å². The van der Waals surface area contributed by atoms with E-state index in [4.69, 9.17) is 16.0 Å². The molecule has 0 aliphatic heterocycles. The molecule has 0 spiro atoms. The second kappa shape index (κ2) is 4.81. The molecule has 1 aromatic carbocycles. The fourth-order valence-electron chi connectivity index (χ4n) is 1.38. The molecule has 0 atom stereocenters. The molecule has 0 saturated carbocycles. The van der Waals surface area contributed by atoms with Crippen LogP contribution in [0.5, 0.6) is 0 Å². The number of nitrogens with one attached hydrogen (secondary N) is 1. The zero-order valence-electron chi connectivity index (χ0n) is 8.93. The predicted octanol–water partition coefficient (Wildman–Crippen LogP) is 2.99. The number of oxazole rings is 1. The molecule has 90 valence electrons. The molecule has 0 unspecified atom stereocenters. The van der Waals surface area contributed by atoms with E-state index in [9.17, 15) is 8.78 Å². The van der Waals surface area contributed by atoms with Gasteiger partial charge in [-0.1, -0.05) is 11.6 Å². The summed E-state index contributed by atoms with van der Waals surface area (Å²) in [6, 6.07) is 1.90. The third kappa shape index (κ3) is 2.45. The molecular formula is C11H9ClF2N2O. The molecule has 1 heterocycles. The van der Waals surface area contributed by atoms with Crippen LogP contribution >= 0.6 is 11.6 Å². The summed E-state index contributed by atoms with van der Waals surface area (Å²) in [5, 5.41) is 2.58. The first-order valence-corrected chi connectivity index (χ1v) is 5.24. The first-order chi connectivity index (χ1) is 8.11. The van der Waals surface area contributed by atoms with Gasteiger partial charge in [0.25, 0.3) is 0 Å². The van der Waals surface area contributed by atoms with Crippen molar-refractivity contribution in [1.82, 2.24) is 10.3 Å². The molecule has 0 aliphatic carbocycles. The second-order valence-corrected chi connectivity index (χ2v) is 3.80. The van der Waals surface area contributed by atoms with Crippen LogP contribution in [0.1, 0.15) is 5.89 Å². The van der Waals surface area contributed by atoms with Crippen molar-refractivity contribution in [2.45, 2.75) is 6.54 Å². The number of benzene rings is 1. The van der Waals surface area contributed by atoms with Gasteiger partial charge in [-0.25, -0.2) is 13.8 Å². The van der Waals surface area contributed by atoms with E-state index in [1.807, 2.05) is 0 Å². The van der Waals surface area contributed by atoms with Gasteiger partial charge in [-0.15, -0.1) is 0 Å². The minimum atomic E-state index is -0.699. The molecule has 0 amide bonds. The maximum Gasteiger partial charge on any atom is 0.208 e. The van der Waals surface area contributed by atoms with Crippen LogP contribution in [0.2, 0.25) is 5.02 Å². The van der Waals surface area contributed by atoms with Gasteiger partial charge in [-0.3, -0.25) is 0 Å². The summed E-state index contributed by atoms with van der Waals surface area (Å²) in [5.74, 6) is -0.779.